The Morgan fingerprint density at radius 1 is 1.10 bits per heavy atom. The number of carbonyl (C=O) groups is 2. The molecule has 0 spiro atoms. The van der Waals surface area contributed by atoms with Crippen molar-refractivity contribution in [1.82, 2.24) is 4.90 Å². The van der Waals surface area contributed by atoms with Gasteiger partial charge in [0.2, 0.25) is 0 Å². The molecule has 2 aliphatic rings. The van der Waals surface area contributed by atoms with Gasteiger partial charge in [-0.05, 0) is 32.4 Å². The number of fused-ring (bicyclic) bond motifs is 3. The quantitative estimate of drug-likeness (QED) is 0.682. The fourth-order valence-electron chi connectivity index (χ4n) is 4.45. The Labute approximate surface area is 181 Å². The van der Waals surface area contributed by atoms with Crippen molar-refractivity contribution < 1.29 is 23.5 Å². The molecule has 0 saturated carbocycles. The van der Waals surface area contributed by atoms with Crippen molar-refractivity contribution in [1.29, 1.82) is 0 Å². The van der Waals surface area contributed by atoms with Crippen molar-refractivity contribution in [3.63, 3.8) is 0 Å². The summed E-state index contributed by atoms with van der Waals surface area (Å²) in [6.07, 6.45) is -1.92. The topological polar surface area (TPSA) is 59.1 Å². The molecule has 31 heavy (non-hydrogen) atoms. The van der Waals surface area contributed by atoms with Crippen molar-refractivity contribution in [3.8, 4) is 0 Å². The van der Waals surface area contributed by atoms with Crippen molar-refractivity contribution in [3.05, 3.63) is 65.7 Å². The summed E-state index contributed by atoms with van der Waals surface area (Å²) < 4.78 is 27.5. The second-order valence-corrected chi connectivity index (χ2v) is 9.07. The minimum absolute atomic E-state index is 0.0503. The molecule has 2 aromatic carbocycles. The van der Waals surface area contributed by atoms with E-state index in [2.05, 4.69) is 0 Å². The number of nitrogens with zero attached hydrogens (tertiary/aromatic N) is 2. The molecule has 2 aromatic rings. The van der Waals surface area contributed by atoms with Crippen molar-refractivity contribution in [2.45, 2.75) is 57.3 Å². The Hall–Kier alpha value is -3.09. The molecule has 2 heterocycles. The number of hydrogen-bond acceptors (Lipinski definition) is 5. The molecule has 1 fully saturated rings. The van der Waals surface area contributed by atoms with Gasteiger partial charge < -0.3 is 14.4 Å². The number of likely N-dealkylation sites (tertiary alicyclic amines) is 1. The number of benzene rings is 2. The maximum Gasteiger partial charge on any atom is 0.412 e. The number of hydrogen-bond donors (Lipinski definition) is 0. The highest BCUT2D eigenvalue weighted by Crippen LogP contribution is 2.54. The zero-order valence-electron chi connectivity index (χ0n) is 18.2. The normalized spacial score (nSPS) is 24.5. The fraction of sp³-hybridized carbons (Fsp3) is 0.417. The van der Waals surface area contributed by atoms with E-state index >= 15 is 4.39 Å². The maximum absolute atomic E-state index is 16.5. The first kappa shape index (κ1) is 21.2. The first-order valence-electron chi connectivity index (χ1n) is 10.3. The number of amides is 1. The van der Waals surface area contributed by atoms with E-state index in [1.54, 1.807) is 44.9 Å². The zero-order chi connectivity index (χ0) is 22.4. The van der Waals surface area contributed by atoms with Crippen LogP contribution < -0.4 is 4.90 Å². The number of halogens is 1. The molecule has 4 rings (SSSR count). The first-order valence-corrected chi connectivity index (χ1v) is 10.3. The van der Waals surface area contributed by atoms with E-state index in [9.17, 15) is 9.59 Å². The summed E-state index contributed by atoms with van der Waals surface area (Å²) >= 11 is 0. The number of likely N-dealkylation sites (N-methyl/N-ethyl adjacent to an activating group) is 1. The summed E-state index contributed by atoms with van der Waals surface area (Å²) in [6.45, 7) is 5.26. The number of alkyl halides is 1. The lowest BCUT2D eigenvalue weighted by Gasteiger charge is -2.35. The van der Waals surface area contributed by atoms with Gasteiger partial charge in [0, 0.05) is 24.7 Å². The molecule has 3 atom stereocenters. The van der Waals surface area contributed by atoms with Crippen LogP contribution in [0, 0.1) is 0 Å². The smallest absolute Gasteiger partial charge is 0.412 e. The summed E-state index contributed by atoms with van der Waals surface area (Å²) in [5, 5.41) is 0. The molecule has 0 radical (unpaired) electrons. The van der Waals surface area contributed by atoms with Crippen LogP contribution in [0.15, 0.2) is 54.6 Å². The number of esters is 1. The Morgan fingerprint density at radius 3 is 2.42 bits per heavy atom. The minimum atomic E-state index is -1.90. The monoisotopic (exact) mass is 426 g/mol. The summed E-state index contributed by atoms with van der Waals surface area (Å²) in [5.41, 5.74) is -0.718. The van der Waals surface area contributed by atoms with Crippen molar-refractivity contribution in [2.75, 3.05) is 11.9 Å². The molecule has 6 nitrogen and oxygen atoms in total. The van der Waals surface area contributed by atoms with Gasteiger partial charge in [0.15, 0.2) is 5.67 Å². The highest BCUT2D eigenvalue weighted by molar-refractivity contribution is 5.85. The lowest BCUT2D eigenvalue weighted by molar-refractivity contribution is -0.150. The predicted molar refractivity (Wildman–Crippen MR) is 114 cm³/mol. The molecular formula is C24H27FN2O4. The second kappa shape index (κ2) is 7.55. The van der Waals surface area contributed by atoms with Gasteiger partial charge in [-0.25, -0.2) is 14.0 Å². The van der Waals surface area contributed by atoms with Gasteiger partial charge >= 0.3 is 12.1 Å². The van der Waals surface area contributed by atoms with Crippen LogP contribution in [0.2, 0.25) is 0 Å². The Balaban J connectivity index is 1.65. The molecule has 7 heteroatoms. The van der Waals surface area contributed by atoms with Gasteiger partial charge in [-0.2, -0.15) is 0 Å². The lowest BCUT2D eigenvalue weighted by atomic mass is 9.93. The standard InChI is InChI=1S/C24H27FN2O4/c1-23(2,3)31-22(29)27-19(20(28)30-15-16-10-6-5-7-11-16)14-24(25)17-12-8-9-13-18(17)26(4)21(24)27/h5-13,19,21H,14-15H2,1-4H3/t19-,21?,24?/m0/s1. The van der Waals surface area contributed by atoms with E-state index in [0.29, 0.717) is 11.3 Å². The average molecular weight is 426 g/mol. The molecule has 1 saturated heterocycles. The van der Waals surface area contributed by atoms with Gasteiger partial charge in [0.1, 0.15) is 24.4 Å². The summed E-state index contributed by atoms with van der Waals surface area (Å²) in [5.74, 6) is -0.646. The zero-order valence-corrected chi connectivity index (χ0v) is 18.2. The van der Waals surface area contributed by atoms with Crippen LogP contribution in [0.5, 0.6) is 0 Å². The minimum Gasteiger partial charge on any atom is -0.459 e. The second-order valence-electron chi connectivity index (χ2n) is 9.07. The van der Waals surface area contributed by atoms with Gasteiger partial charge in [0.05, 0.1) is 0 Å². The molecule has 164 valence electrons. The molecule has 2 unspecified atom stereocenters. The van der Waals surface area contributed by atoms with Gasteiger partial charge in [-0.15, -0.1) is 0 Å². The molecule has 0 aliphatic carbocycles. The van der Waals surface area contributed by atoms with Crippen LogP contribution in [-0.4, -0.2) is 41.8 Å². The predicted octanol–water partition coefficient (Wildman–Crippen LogP) is 4.38. The maximum atomic E-state index is 16.5. The van der Waals surface area contributed by atoms with E-state index in [1.165, 1.54) is 4.90 Å². The molecular weight excluding hydrogens is 399 g/mol. The Kier molecular flexibility index (Phi) is 5.15. The molecule has 0 bridgehead atoms. The number of carbonyl (C=O) groups excluding carboxylic acids is 2. The largest absolute Gasteiger partial charge is 0.459 e. The van der Waals surface area contributed by atoms with E-state index in [1.807, 2.05) is 42.5 Å². The Morgan fingerprint density at radius 2 is 1.74 bits per heavy atom. The SMILES string of the molecule is CN1c2ccccc2C2(F)C[C@@H](C(=O)OCc3ccccc3)N(C(=O)OC(C)(C)C)C12. The third-order valence-corrected chi connectivity index (χ3v) is 5.70. The van der Waals surface area contributed by atoms with E-state index < -0.39 is 35.5 Å². The molecule has 2 aliphatic heterocycles. The third-order valence-electron chi connectivity index (χ3n) is 5.70. The van der Waals surface area contributed by atoms with E-state index in [-0.39, 0.29) is 13.0 Å². The summed E-state index contributed by atoms with van der Waals surface area (Å²) in [4.78, 5) is 29.1. The van der Waals surface area contributed by atoms with Crippen LogP contribution in [0.4, 0.5) is 14.9 Å². The van der Waals surface area contributed by atoms with Crippen LogP contribution in [0.1, 0.15) is 38.3 Å². The number of para-hydroxylation sites is 1. The molecule has 1 amide bonds. The van der Waals surface area contributed by atoms with Crippen molar-refractivity contribution >= 4 is 17.7 Å². The van der Waals surface area contributed by atoms with Gasteiger partial charge in [-0.1, -0.05) is 48.5 Å². The first-order chi connectivity index (χ1) is 14.6. The summed E-state index contributed by atoms with van der Waals surface area (Å²) in [7, 11) is 1.72. The lowest BCUT2D eigenvalue weighted by Crippen LogP contribution is -2.54. The molecule has 0 N–H and O–H groups in total. The van der Waals surface area contributed by atoms with E-state index in [4.69, 9.17) is 9.47 Å². The highest BCUT2D eigenvalue weighted by Gasteiger charge is 2.65. The fourth-order valence-corrected chi connectivity index (χ4v) is 4.45. The van der Waals surface area contributed by atoms with Gasteiger partial charge in [0.25, 0.3) is 0 Å². The van der Waals surface area contributed by atoms with Crippen molar-refractivity contribution in [2.24, 2.45) is 0 Å². The average Bonchev–Trinajstić information content (AvgIpc) is 3.15. The molecule has 0 aromatic heterocycles. The summed E-state index contributed by atoms with van der Waals surface area (Å²) in [6, 6.07) is 15.2. The van der Waals surface area contributed by atoms with Crippen LogP contribution in [-0.2, 0) is 26.5 Å². The number of ether oxygens (including phenoxy) is 2. The van der Waals surface area contributed by atoms with Gasteiger partial charge in [-0.3, -0.25) is 4.90 Å². The number of rotatable bonds is 3. The van der Waals surface area contributed by atoms with E-state index in [0.717, 1.165) is 5.56 Å². The van der Waals surface area contributed by atoms with Crippen LogP contribution >= 0.6 is 0 Å². The third kappa shape index (κ3) is 3.73. The van der Waals surface area contributed by atoms with Crippen LogP contribution in [0.25, 0.3) is 0 Å². The number of anilines is 1. The Bertz CT molecular complexity index is 991. The highest BCUT2D eigenvalue weighted by atomic mass is 19.1. The van der Waals surface area contributed by atoms with Crippen LogP contribution in [0.3, 0.4) is 0 Å².